The average Bonchev–Trinajstić information content (AvgIpc) is 3.25. The molecule has 1 aliphatic rings. The van der Waals surface area contributed by atoms with Crippen molar-refractivity contribution in [1.29, 1.82) is 0 Å². The van der Waals surface area contributed by atoms with Gasteiger partial charge < -0.3 is 25.0 Å². The molecule has 0 saturated carbocycles. The highest BCUT2D eigenvalue weighted by Crippen LogP contribution is 2.23. The van der Waals surface area contributed by atoms with Crippen LogP contribution in [0.15, 0.2) is 24.3 Å². The fourth-order valence-electron chi connectivity index (χ4n) is 4.20. The van der Waals surface area contributed by atoms with E-state index in [2.05, 4.69) is 10.2 Å². The highest BCUT2D eigenvalue weighted by molar-refractivity contribution is 5.76. The summed E-state index contributed by atoms with van der Waals surface area (Å²) in [6.07, 6.45) is 6.07. The number of rotatable bonds is 18. The summed E-state index contributed by atoms with van der Waals surface area (Å²) in [7, 11) is 1.71. The van der Waals surface area contributed by atoms with Gasteiger partial charge in [-0.25, -0.2) is 0 Å². The third kappa shape index (κ3) is 11.1. The van der Waals surface area contributed by atoms with Crippen molar-refractivity contribution < 1.29 is 28.9 Å². The lowest BCUT2D eigenvalue weighted by molar-refractivity contribution is -0.123. The molecule has 1 fully saturated rings. The van der Waals surface area contributed by atoms with Gasteiger partial charge in [0.2, 0.25) is 5.91 Å². The molecule has 8 heteroatoms. The SMILES string of the molecule is COCCCCCCCC(=O)N[C@H](CN1CC[C@@H](O)C1)[C@@H](O)c1ccc(OCCCCF)cc1. The number of hydrogen-bond acceptors (Lipinski definition) is 6. The summed E-state index contributed by atoms with van der Waals surface area (Å²) >= 11 is 0. The molecule has 1 aromatic rings. The van der Waals surface area contributed by atoms with Crippen molar-refractivity contribution in [2.45, 2.75) is 76.0 Å². The highest BCUT2D eigenvalue weighted by atomic mass is 19.1. The molecule has 1 aliphatic heterocycles. The number of carbonyl (C=O) groups is 1. The quantitative estimate of drug-likeness (QED) is 0.278. The third-order valence-electron chi connectivity index (χ3n) is 6.20. The van der Waals surface area contributed by atoms with Crippen LogP contribution in [0.5, 0.6) is 5.75 Å². The van der Waals surface area contributed by atoms with E-state index in [1.165, 1.54) is 0 Å². The number of nitrogens with zero attached hydrogens (tertiary/aromatic N) is 1. The molecule has 1 amide bonds. The van der Waals surface area contributed by atoms with Crippen LogP contribution < -0.4 is 10.1 Å². The van der Waals surface area contributed by atoms with Crippen LogP contribution in [0.2, 0.25) is 0 Å². The lowest BCUT2D eigenvalue weighted by atomic mass is 10.0. The lowest BCUT2D eigenvalue weighted by Gasteiger charge is -2.29. The summed E-state index contributed by atoms with van der Waals surface area (Å²) in [5.41, 5.74) is 0.694. The topological polar surface area (TPSA) is 91.3 Å². The Morgan fingerprint density at radius 3 is 2.50 bits per heavy atom. The van der Waals surface area contributed by atoms with E-state index in [-0.39, 0.29) is 18.7 Å². The molecule has 2 rings (SSSR count). The molecular formula is C26H43FN2O5. The van der Waals surface area contributed by atoms with Crippen LogP contribution in [-0.4, -0.2) is 79.8 Å². The summed E-state index contributed by atoms with van der Waals surface area (Å²) in [5, 5.41) is 24.0. The van der Waals surface area contributed by atoms with Crippen LogP contribution >= 0.6 is 0 Å². The first-order valence-corrected chi connectivity index (χ1v) is 12.7. The van der Waals surface area contributed by atoms with Crippen molar-refractivity contribution in [1.82, 2.24) is 10.2 Å². The zero-order chi connectivity index (χ0) is 24.6. The zero-order valence-electron chi connectivity index (χ0n) is 20.6. The van der Waals surface area contributed by atoms with Crippen molar-refractivity contribution in [3.05, 3.63) is 29.8 Å². The van der Waals surface area contributed by atoms with Crippen molar-refractivity contribution in [3.63, 3.8) is 0 Å². The monoisotopic (exact) mass is 482 g/mol. The van der Waals surface area contributed by atoms with Crippen LogP contribution in [0.1, 0.15) is 69.5 Å². The van der Waals surface area contributed by atoms with Gasteiger partial charge in [0.05, 0.1) is 25.4 Å². The molecule has 1 aromatic carbocycles. The summed E-state index contributed by atoms with van der Waals surface area (Å²) < 4.78 is 22.9. The second-order valence-electron chi connectivity index (χ2n) is 9.15. The van der Waals surface area contributed by atoms with E-state index < -0.39 is 12.1 Å². The van der Waals surface area contributed by atoms with Gasteiger partial charge in [-0.05, 0) is 49.8 Å². The fourth-order valence-corrected chi connectivity index (χ4v) is 4.20. The minimum atomic E-state index is -0.878. The highest BCUT2D eigenvalue weighted by Gasteiger charge is 2.28. The van der Waals surface area contributed by atoms with E-state index in [1.54, 1.807) is 31.4 Å². The van der Waals surface area contributed by atoms with Crippen LogP contribution in [0.4, 0.5) is 4.39 Å². The van der Waals surface area contributed by atoms with Crippen molar-refractivity contribution in [2.75, 3.05) is 46.6 Å². The molecule has 34 heavy (non-hydrogen) atoms. The number of amides is 1. The summed E-state index contributed by atoms with van der Waals surface area (Å²) in [5.74, 6) is 0.608. The van der Waals surface area contributed by atoms with Gasteiger partial charge in [-0.3, -0.25) is 14.1 Å². The van der Waals surface area contributed by atoms with Gasteiger partial charge in [-0.2, -0.15) is 0 Å². The molecule has 0 spiro atoms. The number of unbranched alkanes of at least 4 members (excludes halogenated alkanes) is 5. The smallest absolute Gasteiger partial charge is 0.220 e. The number of carbonyl (C=O) groups excluding carboxylic acids is 1. The van der Waals surface area contributed by atoms with Gasteiger partial charge in [0, 0.05) is 39.8 Å². The molecule has 0 aromatic heterocycles. The Morgan fingerprint density at radius 2 is 1.82 bits per heavy atom. The van der Waals surface area contributed by atoms with Gasteiger partial charge in [0.1, 0.15) is 11.9 Å². The van der Waals surface area contributed by atoms with Crippen LogP contribution in [0.25, 0.3) is 0 Å². The number of likely N-dealkylation sites (tertiary alicyclic amines) is 1. The molecule has 1 saturated heterocycles. The third-order valence-corrected chi connectivity index (χ3v) is 6.20. The van der Waals surface area contributed by atoms with Gasteiger partial charge in [0.15, 0.2) is 0 Å². The van der Waals surface area contributed by atoms with Gasteiger partial charge >= 0.3 is 0 Å². The maximum atomic E-state index is 12.6. The maximum absolute atomic E-state index is 12.6. The molecule has 0 radical (unpaired) electrons. The molecular weight excluding hydrogens is 439 g/mol. The largest absolute Gasteiger partial charge is 0.494 e. The molecule has 0 bridgehead atoms. The van der Waals surface area contributed by atoms with Crippen molar-refractivity contribution in [3.8, 4) is 5.75 Å². The van der Waals surface area contributed by atoms with E-state index in [9.17, 15) is 19.4 Å². The minimum Gasteiger partial charge on any atom is -0.494 e. The summed E-state index contributed by atoms with van der Waals surface area (Å²) in [6, 6.07) is 6.70. The van der Waals surface area contributed by atoms with E-state index in [0.29, 0.717) is 56.7 Å². The molecule has 7 nitrogen and oxygen atoms in total. The standard InChI is InChI=1S/C26H43FN2O5/c1-33-17-7-4-2-3-5-9-25(31)28-24(20-29-16-14-22(30)19-29)26(32)21-10-12-23(13-11-21)34-18-8-6-15-27/h10-13,22,24,26,30,32H,2-9,14-20H2,1H3,(H,28,31)/t22-,24-,26+/m1/s1. The first-order chi connectivity index (χ1) is 16.5. The normalized spacial score (nSPS) is 18.1. The second kappa shape index (κ2) is 16.8. The number of halogens is 1. The Morgan fingerprint density at radius 1 is 1.12 bits per heavy atom. The number of β-amino-alcohol motifs (C(OH)–C–C–N with tert-alkyl or cyclic N) is 1. The van der Waals surface area contributed by atoms with Crippen LogP contribution in [-0.2, 0) is 9.53 Å². The number of aliphatic hydroxyl groups excluding tert-OH is 2. The molecule has 3 N–H and O–H groups in total. The van der Waals surface area contributed by atoms with Gasteiger partial charge in [-0.15, -0.1) is 0 Å². The molecule has 1 heterocycles. The first kappa shape index (κ1) is 28.5. The van der Waals surface area contributed by atoms with Crippen molar-refractivity contribution >= 4 is 5.91 Å². The Bertz CT molecular complexity index is 676. The van der Waals surface area contributed by atoms with Crippen LogP contribution in [0, 0.1) is 0 Å². The number of ether oxygens (including phenoxy) is 2. The maximum Gasteiger partial charge on any atom is 0.220 e. The average molecular weight is 483 g/mol. The number of alkyl halides is 1. The lowest BCUT2D eigenvalue weighted by Crippen LogP contribution is -2.47. The molecule has 3 atom stereocenters. The predicted octanol–water partition coefficient (Wildman–Crippen LogP) is 3.39. The molecule has 0 unspecified atom stereocenters. The number of nitrogens with one attached hydrogen (secondary N) is 1. The van der Waals surface area contributed by atoms with Gasteiger partial charge in [0.25, 0.3) is 0 Å². The van der Waals surface area contributed by atoms with E-state index in [4.69, 9.17) is 9.47 Å². The van der Waals surface area contributed by atoms with Crippen LogP contribution in [0.3, 0.4) is 0 Å². The Hall–Kier alpha value is -1.74. The van der Waals surface area contributed by atoms with Gasteiger partial charge in [-0.1, -0.05) is 31.4 Å². The summed E-state index contributed by atoms with van der Waals surface area (Å²) in [4.78, 5) is 14.7. The van der Waals surface area contributed by atoms with Crippen molar-refractivity contribution in [2.24, 2.45) is 0 Å². The van der Waals surface area contributed by atoms with E-state index in [0.717, 1.165) is 45.3 Å². The second-order valence-corrected chi connectivity index (χ2v) is 9.15. The number of aliphatic hydroxyl groups is 2. The molecule has 194 valence electrons. The van der Waals surface area contributed by atoms with E-state index >= 15 is 0 Å². The molecule has 0 aliphatic carbocycles. The fraction of sp³-hybridized carbons (Fsp3) is 0.731. The Labute approximate surface area is 203 Å². The minimum absolute atomic E-state index is 0.0616. The Kier molecular flexibility index (Phi) is 14.1. The predicted molar refractivity (Wildman–Crippen MR) is 131 cm³/mol. The number of benzene rings is 1. The number of methoxy groups -OCH3 is 1. The number of hydrogen-bond donors (Lipinski definition) is 3. The van der Waals surface area contributed by atoms with E-state index in [1.807, 2.05) is 0 Å². The Balaban J connectivity index is 1.88. The first-order valence-electron chi connectivity index (χ1n) is 12.7. The zero-order valence-corrected chi connectivity index (χ0v) is 20.6. The summed E-state index contributed by atoms with van der Waals surface area (Å²) in [6.45, 7) is 2.65.